The highest BCUT2D eigenvalue weighted by atomic mass is 35.5. The average molecular weight is 260 g/mol. The highest BCUT2D eigenvalue weighted by Gasteiger charge is 2.29. The molecule has 0 fully saturated rings. The zero-order valence-electron chi connectivity index (χ0n) is 8.50. The maximum absolute atomic E-state index is 11.3. The lowest BCUT2D eigenvalue weighted by Gasteiger charge is -2.13. The molecule has 0 aliphatic heterocycles. The van der Waals surface area contributed by atoms with Gasteiger partial charge in [-0.25, -0.2) is 4.79 Å². The summed E-state index contributed by atoms with van der Waals surface area (Å²) in [6.07, 6.45) is -4.22. The Morgan fingerprint density at radius 2 is 1.88 bits per heavy atom. The maximum Gasteiger partial charge on any atom is 0.335 e. The van der Waals surface area contributed by atoms with Crippen LogP contribution in [-0.2, 0) is 9.59 Å². The predicted octanol–water partition coefficient (Wildman–Crippen LogP) is 0.0849. The van der Waals surface area contributed by atoms with Gasteiger partial charge >= 0.3 is 5.97 Å². The Labute approximate surface area is 101 Å². The topological polar surface area (TPSA) is 107 Å². The first kappa shape index (κ1) is 13.4. The molecule has 0 radical (unpaired) electrons. The SMILES string of the molecule is O=C(O)[C@@H](O)[C@H](O)C(=O)Nc1cccc(Cl)c1. The number of carbonyl (C=O) groups is 2. The van der Waals surface area contributed by atoms with Gasteiger partial charge in [-0.3, -0.25) is 4.79 Å². The van der Waals surface area contributed by atoms with Gasteiger partial charge in [-0.15, -0.1) is 0 Å². The minimum atomic E-state index is -2.17. The molecule has 0 aromatic heterocycles. The number of hydrogen-bond donors (Lipinski definition) is 4. The quantitative estimate of drug-likeness (QED) is 0.613. The summed E-state index contributed by atoms with van der Waals surface area (Å²) in [7, 11) is 0. The first-order chi connectivity index (χ1) is 7.91. The fourth-order valence-electron chi connectivity index (χ4n) is 1.06. The summed E-state index contributed by atoms with van der Waals surface area (Å²) in [5, 5.41) is 29.2. The molecule has 1 amide bonds. The molecule has 0 unspecified atom stereocenters. The zero-order chi connectivity index (χ0) is 13.0. The number of aliphatic hydroxyl groups excluding tert-OH is 2. The molecule has 0 heterocycles. The molecule has 0 saturated carbocycles. The van der Waals surface area contributed by atoms with Crippen molar-refractivity contribution in [2.45, 2.75) is 12.2 Å². The van der Waals surface area contributed by atoms with E-state index in [1.54, 1.807) is 12.1 Å². The summed E-state index contributed by atoms with van der Waals surface area (Å²) in [6.45, 7) is 0. The van der Waals surface area contributed by atoms with Crippen molar-refractivity contribution in [1.29, 1.82) is 0 Å². The molecule has 7 heteroatoms. The van der Waals surface area contributed by atoms with Crippen molar-refractivity contribution < 1.29 is 24.9 Å². The highest BCUT2D eigenvalue weighted by Crippen LogP contribution is 2.15. The lowest BCUT2D eigenvalue weighted by Crippen LogP contribution is -2.42. The molecule has 4 N–H and O–H groups in total. The van der Waals surface area contributed by atoms with E-state index in [1.165, 1.54) is 12.1 Å². The van der Waals surface area contributed by atoms with Gasteiger partial charge in [0.15, 0.2) is 12.2 Å². The Morgan fingerprint density at radius 1 is 1.24 bits per heavy atom. The van der Waals surface area contributed by atoms with Crippen molar-refractivity contribution in [2.24, 2.45) is 0 Å². The highest BCUT2D eigenvalue weighted by molar-refractivity contribution is 6.30. The number of carboxylic acids is 1. The van der Waals surface area contributed by atoms with Crippen LogP contribution < -0.4 is 5.32 Å². The molecule has 6 nitrogen and oxygen atoms in total. The van der Waals surface area contributed by atoms with E-state index >= 15 is 0 Å². The number of benzene rings is 1. The lowest BCUT2D eigenvalue weighted by atomic mass is 10.2. The van der Waals surface area contributed by atoms with Gasteiger partial charge in [0.1, 0.15) is 0 Å². The van der Waals surface area contributed by atoms with Gasteiger partial charge in [0.2, 0.25) is 0 Å². The van der Waals surface area contributed by atoms with Gasteiger partial charge in [-0.2, -0.15) is 0 Å². The molecule has 1 aromatic rings. The van der Waals surface area contributed by atoms with E-state index in [4.69, 9.17) is 21.8 Å². The number of nitrogens with one attached hydrogen (secondary N) is 1. The van der Waals surface area contributed by atoms with Crippen LogP contribution in [0.5, 0.6) is 0 Å². The third-order valence-corrected chi connectivity index (χ3v) is 2.15. The molecule has 0 bridgehead atoms. The number of rotatable bonds is 4. The predicted molar refractivity (Wildman–Crippen MR) is 59.7 cm³/mol. The summed E-state index contributed by atoms with van der Waals surface area (Å²) in [5.74, 6) is -2.71. The van der Waals surface area contributed by atoms with Crippen molar-refractivity contribution in [1.82, 2.24) is 0 Å². The second-order valence-corrected chi connectivity index (χ2v) is 3.66. The van der Waals surface area contributed by atoms with E-state index in [-0.39, 0.29) is 0 Å². The van der Waals surface area contributed by atoms with Gasteiger partial charge in [0.05, 0.1) is 0 Å². The maximum atomic E-state index is 11.3. The normalized spacial score (nSPS) is 13.8. The van der Waals surface area contributed by atoms with Crippen LogP contribution in [0.4, 0.5) is 5.69 Å². The molecular weight excluding hydrogens is 250 g/mol. The third-order valence-electron chi connectivity index (χ3n) is 1.91. The number of carbonyl (C=O) groups excluding carboxylic acids is 1. The molecule has 0 saturated heterocycles. The summed E-state index contributed by atoms with van der Waals surface area (Å²) in [4.78, 5) is 21.7. The number of halogens is 1. The molecule has 17 heavy (non-hydrogen) atoms. The summed E-state index contributed by atoms with van der Waals surface area (Å²) >= 11 is 5.66. The fourth-order valence-corrected chi connectivity index (χ4v) is 1.25. The minimum Gasteiger partial charge on any atom is -0.479 e. The molecule has 0 aliphatic rings. The van der Waals surface area contributed by atoms with Crippen LogP contribution in [0.25, 0.3) is 0 Å². The van der Waals surface area contributed by atoms with Crippen molar-refractivity contribution in [3.05, 3.63) is 29.3 Å². The molecular formula is C10H10ClNO5. The van der Waals surface area contributed by atoms with Crippen molar-refractivity contribution >= 4 is 29.2 Å². The largest absolute Gasteiger partial charge is 0.479 e. The first-order valence-electron chi connectivity index (χ1n) is 4.57. The second-order valence-electron chi connectivity index (χ2n) is 3.23. The Hall–Kier alpha value is -1.63. The van der Waals surface area contributed by atoms with Crippen molar-refractivity contribution in [3.8, 4) is 0 Å². The monoisotopic (exact) mass is 259 g/mol. The Balaban J connectivity index is 2.69. The van der Waals surface area contributed by atoms with Crippen LogP contribution in [0.15, 0.2) is 24.3 Å². The van der Waals surface area contributed by atoms with E-state index in [9.17, 15) is 14.7 Å². The van der Waals surface area contributed by atoms with E-state index in [2.05, 4.69) is 5.32 Å². The van der Waals surface area contributed by atoms with Gasteiger partial charge in [-0.1, -0.05) is 17.7 Å². The number of anilines is 1. The summed E-state index contributed by atoms with van der Waals surface area (Å²) < 4.78 is 0. The van der Waals surface area contributed by atoms with Gasteiger partial charge in [-0.05, 0) is 18.2 Å². The molecule has 1 rings (SSSR count). The zero-order valence-corrected chi connectivity index (χ0v) is 9.26. The number of aliphatic carboxylic acids is 1. The van der Waals surface area contributed by atoms with E-state index < -0.39 is 24.1 Å². The number of amides is 1. The Morgan fingerprint density at radius 3 is 2.41 bits per heavy atom. The van der Waals surface area contributed by atoms with Crippen LogP contribution in [0.1, 0.15) is 0 Å². The van der Waals surface area contributed by atoms with E-state index in [0.29, 0.717) is 10.7 Å². The van der Waals surface area contributed by atoms with E-state index in [1.807, 2.05) is 0 Å². The van der Waals surface area contributed by atoms with Crippen molar-refractivity contribution in [3.63, 3.8) is 0 Å². The minimum absolute atomic E-state index is 0.291. The fraction of sp³-hybridized carbons (Fsp3) is 0.200. The standard InChI is InChI=1S/C10H10ClNO5/c11-5-2-1-3-6(4-5)12-9(15)7(13)8(14)10(16)17/h1-4,7-8,13-14H,(H,12,15)(H,16,17)/t7-,8-/m0/s1. The number of carboxylic acid groups (broad SMARTS) is 1. The van der Waals surface area contributed by atoms with Gasteiger partial charge in [0, 0.05) is 10.7 Å². The molecule has 0 spiro atoms. The first-order valence-corrected chi connectivity index (χ1v) is 4.95. The van der Waals surface area contributed by atoms with Gasteiger partial charge < -0.3 is 20.6 Å². The van der Waals surface area contributed by atoms with Crippen LogP contribution in [0.3, 0.4) is 0 Å². The lowest BCUT2D eigenvalue weighted by molar-refractivity contribution is -0.156. The van der Waals surface area contributed by atoms with Crippen LogP contribution in [0.2, 0.25) is 5.02 Å². The molecule has 1 aromatic carbocycles. The van der Waals surface area contributed by atoms with Crippen LogP contribution >= 0.6 is 11.6 Å². The van der Waals surface area contributed by atoms with E-state index in [0.717, 1.165) is 0 Å². The smallest absolute Gasteiger partial charge is 0.335 e. The number of hydrogen-bond acceptors (Lipinski definition) is 4. The average Bonchev–Trinajstić information content (AvgIpc) is 2.26. The van der Waals surface area contributed by atoms with Gasteiger partial charge in [0.25, 0.3) is 5.91 Å². The molecule has 0 aliphatic carbocycles. The summed E-state index contributed by atoms with van der Waals surface area (Å²) in [5.41, 5.74) is 0.291. The van der Waals surface area contributed by atoms with Crippen LogP contribution in [0, 0.1) is 0 Å². The van der Waals surface area contributed by atoms with Crippen LogP contribution in [-0.4, -0.2) is 39.4 Å². The molecule has 2 atom stereocenters. The Bertz CT molecular complexity index is 436. The second kappa shape index (κ2) is 5.62. The molecule has 92 valence electrons. The van der Waals surface area contributed by atoms with Crippen molar-refractivity contribution in [2.75, 3.05) is 5.32 Å². The summed E-state index contributed by atoms with van der Waals surface area (Å²) in [6, 6.07) is 6.07. The Kier molecular flexibility index (Phi) is 4.45. The third kappa shape index (κ3) is 3.70. The number of aliphatic hydroxyl groups is 2.